The zero-order chi connectivity index (χ0) is 7.97. The van der Waals surface area contributed by atoms with Crippen molar-refractivity contribution >= 4 is 11.3 Å². The number of hydrogen-bond acceptors (Lipinski definition) is 2. The second kappa shape index (κ2) is 2.57. The van der Waals surface area contributed by atoms with Crippen molar-refractivity contribution in [1.29, 1.82) is 0 Å². The van der Waals surface area contributed by atoms with E-state index in [1.807, 2.05) is 11.3 Å². The second-order valence-electron chi connectivity index (χ2n) is 3.84. The van der Waals surface area contributed by atoms with Gasteiger partial charge in [0.1, 0.15) is 0 Å². The molecule has 0 unspecified atom stereocenters. The summed E-state index contributed by atoms with van der Waals surface area (Å²) >= 11 is 1.93. The Balaban J connectivity index is 1.95. The van der Waals surface area contributed by atoms with Gasteiger partial charge in [0.15, 0.2) is 0 Å². The predicted octanol–water partition coefficient (Wildman–Crippen LogP) is 2.27. The first-order valence-corrected chi connectivity index (χ1v) is 5.61. The Morgan fingerprint density at radius 2 is 2.50 bits per heavy atom. The van der Waals surface area contributed by atoms with E-state index in [0.717, 1.165) is 6.04 Å². The van der Waals surface area contributed by atoms with E-state index >= 15 is 0 Å². The molecule has 2 aliphatic rings. The summed E-state index contributed by atoms with van der Waals surface area (Å²) in [6.45, 7) is 2.57. The molecule has 1 saturated heterocycles. The molecule has 0 bridgehead atoms. The molecule has 0 aliphatic carbocycles. The SMILES string of the molecule is c1cc2c(s1)CN1CCC[C@H]1C2. The van der Waals surface area contributed by atoms with Gasteiger partial charge in [0.2, 0.25) is 0 Å². The van der Waals surface area contributed by atoms with Gasteiger partial charge in [-0.15, -0.1) is 11.3 Å². The summed E-state index contributed by atoms with van der Waals surface area (Å²) in [4.78, 5) is 4.27. The predicted molar refractivity (Wildman–Crippen MR) is 51.5 cm³/mol. The molecule has 1 fully saturated rings. The molecule has 1 aromatic rings. The molecule has 1 nitrogen and oxygen atoms in total. The Hall–Kier alpha value is -0.340. The largest absolute Gasteiger partial charge is 0.295 e. The Labute approximate surface area is 77.0 Å². The fourth-order valence-corrected chi connectivity index (χ4v) is 3.40. The lowest BCUT2D eigenvalue weighted by Crippen LogP contribution is -2.34. The molecule has 2 aliphatic heterocycles. The molecule has 0 saturated carbocycles. The molecule has 0 radical (unpaired) electrons. The van der Waals surface area contributed by atoms with Gasteiger partial charge in [-0.05, 0) is 42.8 Å². The van der Waals surface area contributed by atoms with Crippen molar-refractivity contribution in [2.45, 2.75) is 31.8 Å². The van der Waals surface area contributed by atoms with E-state index < -0.39 is 0 Å². The minimum absolute atomic E-state index is 0.882. The van der Waals surface area contributed by atoms with Crippen LogP contribution in [0, 0.1) is 0 Å². The smallest absolute Gasteiger partial charge is 0.0333 e. The van der Waals surface area contributed by atoms with E-state index in [2.05, 4.69) is 16.3 Å². The van der Waals surface area contributed by atoms with Gasteiger partial charge in [-0.2, -0.15) is 0 Å². The fourth-order valence-electron chi connectivity index (χ4n) is 2.46. The van der Waals surface area contributed by atoms with Crippen molar-refractivity contribution in [3.8, 4) is 0 Å². The first-order valence-electron chi connectivity index (χ1n) is 4.73. The zero-order valence-electron chi connectivity index (χ0n) is 7.12. The lowest BCUT2D eigenvalue weighted by atomic mass is 10.0. The van der Waals surface area contributed by atoms with Gasteiger partial charge < -0.3 is 0 Å². The maximum atomic E-state index is 2.65. The van der Waals surface area contributed by atoms with Crippen LogP contribution in [0.2, 0.25) is 0 Å². The summed E-state index contributed by atoms with van der Waals surface area (Å²) in [5, 5.41) is 2.24. The number of hydrogen-bond donors (Lipinski definition) is 0. The molecular formula is C10H13NS. The third-order valence-electron chi connectivity index (χ3n) is 3.14. The summed E-state index contributed by atoms with van der Waals surface area (Å²) in [6.07, 6.45) is 4.16. The Bertz CT molecular complexity index is 265. The van der Waals surface area contributed by atoms with Crippen LogP contribution in [-0.4, -0.2) is 17.5 Å². The highest BCUT2D eigenvalue weighted by atomic mass is 32.1. The van der Waals surface area contributed by atoms with E-state index in [1.54, 1.807) is 10.4 Å². The van der Waals surface area contributed by atoms with Crippen molar-refractivity contribution in [3.63, 3.8) is 0 Å². The van der Waals surface area contributed by atoms with Crippen LogP contribution in [0.15, 0.2) is 11.4 Å². The van der Waals surface area contributed by atoms with Crippen molar-refractivity contribution in [3.05, 3.63) is 21.9 Å². The number of fused-ring (bicyclic) bond motifs is 2. The fraction of sp³-hybridized carbons (Fsp3) is 0.600. The van der Waals surface area contributed by atoms with Gasteiger partial charge in [-0.1, -0.05) is 0 Å². The molecule has 64 valence electrons. The summed E-state index contributed by atoms with van der Waals surface area (Å²) in [5.41, 5.74) is 1.63. The summed E-state index contributed by atoms with van der Waals surface area (Å²) in [5.74, 6) is 0. The topological polar surface area (TPSA) is 3.24 Å². The average molecular weight is 179 g/mol. The molecule has 0 aromatic carbocycles. The first kappa shape index (κ1) is 7.10. The molecule has 3 rings (SSSR count). The van der Waals surface area contributed by atoms with E-state index in [9.17, 15) is 0 Å². The van der Waals surface area contributed by atoms with Crippen LogP contribution in [0.3, 0.4) is 0 Å². The Kier molecular flexibility index (Phi) is 1.52. The highest BCUT2D eigenvalue weighted by Gasteiger charge is 2.29. The van der Waals surface area contributed by atoms with E-state index in [0.29, 0.717) is 0 Å². The average Bonchev–Trinajstić information content (AvgIpc) is 2.64. The van der Waals surface area contributed by atoms with Gasteiger partial charge in [0.25, 0.3) is 0 Å². The molecule has 1 atom stereocenters. The van der Waals surface area contributed by atoms with Crippen LogP contribution >= 0.6 is 11.3 Å². The standard InChI is InChI=1S/C10H13NS/c1-2-9-6-8-3-5-12-10(8)7-11(9)4-1/h3,5,9H,1-2,4,6-7H2/t9-/m0/s1. The zero-order valence-corrected chi connectivity index (χ0v) is 7.94. The van der Waals surface area contributed by atoms with Crippen LogP contribution in [-0.2, 0) is 13.0 Å². The molecule has 1 aromatic heterocycles. The van der Waals surface area contributed by atoms with E-state index in [4.69, 9.17) is 0 Å². The van der Waals surface area contributed by atoms with Crippen LogP contribution in [0.25, 0.3) is 0 Å². The molecule has 0 amide bonds. The molecule has 2 heteroatoms. The third kappa shape index (κ3) is 0.947. The summed E-state index contributed by atoms with van der Waals surface area (Å²) < 4.78 is 0. The van der Waals surface area contributed by atoms with Gasteiger partial charge in [0, 0.05) is 17.5 Å². The summed E-state index contributed by atoms with van der Waals surface area (Å²) in [6, 6.07) is 3.20. The molecule has 3 heterocycles. The van der Waals surface area contributed by atoms with Crippen molar-refractivity contribution in [2.24, 2.45) is 0 Å². The molecule has 0 N–H and O–H groups in total. The number of thiophene rings is 1. The molecule has 0 spiro atoms. The van der Waals surface area contributed by atoms with Crippen molar-refractivity contribution in [2.75, 3.05) is 6.54 Å². The Morgan fingerprint density at radius 1 is 1.50 bits per heavy atom. The van der Waals surface area contributed by atoms with Gasteiger partial charge in [0.05, 0.1) is 0 Å². The van der Waals surface area contributed by atoms with Gasteiger partial charge in [-0.3, -0.25) is 4.90 Å². The monoisotopic (exact) mass is 179 g/mol. The normalized spacial score (nSPS) is 28.5. The maximum absolute atomic E-state index is 2.65. The van der Waals surface area contributed by atoms with Crippen LogP contribution in [0.1, 0.15) is 23.3 Å². The first-order chi connectivity index (χ1) is 5.93. The highest BCUT2D eigenvalue weighted by Crippen LogP contribution is 2.32. The van der Waals surface area contributed by atoms with Gasteiger partial charge >= 0.3 is 0 Å². The lowest BCUT2D eigenvalue weighted by molar-refractivity contribution is 0.231. The number of nitrogens with zero attached hydrogens (tertiary/aromatic N) is 1. The van der Waals surface area contributed by atoms with Crippen LogP contribution in [0.4, 0.5) is 0 Å². The van der Waals surface area contributed by atoms with Crippen LogP contribution in [0.5, 0.6) is 0 Å². The number of rotatable bonds is 0. The van der Waals surface area contributed by atoms with Crippen molar-refractivity contribution < 1.29 is 0 Å². The highest BCUT2D eigenvalue weighted by molar-refractivity contribution is 7.10. The van der Waals surface area contributed by atoms with Crippen LogP contribution < -0.4 is 0 Å². The lowest BCUT2D eigenvalue weighted by Gasteiger charge is -2.29. The minimum atomic E-state index is 0.882. The van der Waals surface area contributed by atoms with Gasteiger partial charge in [-0.25, -0.2) is 0 Å². The van der Waals surface area contributed by atoms with Crippen molar-refractivity contribution in [1.82, 2.24) is 4.90 Å². The maximum Gasteiger partial charge on any atom is 0.0333 e. The van der Waals surface area contributed by atoms with E-state index in [-0.39, 0.29) is 0 Å². The quantitative estimate of drug-likeness (QED) is 0.590. The second-order valence-corrected chi connectivity index (χ2v) is 4.84. The molecular weight excluding hydrogens is 166 g/mol. The van der Waals surface area contributed by atoms with E-state index in [1.165, 1.54) is 32.4 Å². The minimum Gasteiger partial charge on any atom is -0.295 e. The third-order valence-corrected chi connectivity index (χ3v) is 4.09. The molecule has 12 heavy (non-hydrogen) atoms. The Morgan fingerprint density at radius 3 is 3.50 bits per heavy atom. The summed E-state index contributed by atoms with van der Waals surface area (Å²) in [7, 11) is 0.